The third kappa shape index (κ3) is 2.40. The molecule has 1 aromatic heterocycles. The maximum absolute atomic E-state index is 11.6. The highest BCUT2D eigenvalue weighted by Crippen LogP contribution is 2.34. The Morgan fingerprint density at radius 2 is 1.67 bits per heavy atom. The summed E-state index contributed by atoms with van der Waals surface area (Å²) in [4.78, 5) is 11.6. The van der Waals surface area contributed by atoms with Crippen molar-refractivity contribution in [1.82, 2.24) is 9.78 Å². The number of hydrogen-bond donors (Lipinski definition) is 1. The van der Waals surface area contributed by atoms with Crippen LogP contribution < -0.4 is 0 Å². The first-order valence-corrected chi connectivity index (χ1v) is 8.24. The van der Waals surface area contributed by atoms with E-state index < -0.39 is 5.97 Å². The molecular formula is C20H18N2O2. The van der Waals surface area contributed by atoms with Crippen LogP contribution in [0.25, 0.3) is 16.9 Å². The average molecular weight is 318 g/mol. The quantitative estimate of drug-likeness (QED) is 0.790. The Hall–Kier alpha value is -2.88. The highest BCUT2D eigenvalue weighted by Gasteiger charge is 2.24. The summed E-state index contributed by atoms with van der Waals surface area (Å²) in [5.41, 5.74) is 5.25. The number of hydrogen-bond acceptors (Lipinski definition) is 2. The lowest BCUT2D eigenvalue weighted by Crippen LogP contribution is -2.07. The third-order valence-electron chi connectivity index (χ3n) is 4.59. The van der Waals surface area contributed by atoms with E-state index in [-0.39, 0.29) is 0 Å². The number of fused-ring (bicyclic) bond motifs is 1. The predicted molar refractivity (Wildman–Crippen MR) is 92.6 cm³/mol. The first-order valence-electron chi connectivity index (χ1n) is 8.24. The molecule has 0 aliphatic heterocycles. The van der Waals surface area contributed by atoms with Crippen LogP contribution in [0.15, 0.2) is 54.6 Å². The summed E-state index contributed by atoms with van der Waals surface area (Å²) in [6, 6.07) is 17.2. The van der Waals surface area contributed by atoms with Crippen LogP contribution in [0.3, 0.4) is 0 Å². The first kappa shape index (κ1) is 14.7. The molecular weight excluding hydrogens is 300 g/mol. The maximum Gasteiger partial charge on any atom is 0.336 e. The SMILES string of the molecule is O=C(O)c1ccccc1-c1nn(-c2ccccc2)c2c1CCCC2. The van der Waals surface area contributed by atoms with Gasteiger partial charge >= 0.3 is 5.97 Å². The number of rotatable bonds is 3. The molecule has 1 aliphatic carbocycles. The second-order valence-electron chi connectivity index (χ2n) is 6.08. The minimum Gasteiger partial charge on any atom is -0.478 e. The molecule has 0 bridgehead atoms. The van der Waals surface area contributed by atoms with E-state index in [1.807, 2.05) is 47.1 Å². The van der Waals surface area contributed by atoms with E-state index in [1.54, 1.807) is 12.1 Å². The Balaban J connectivity index is 1.95. The Bertz CT molecular complexity index is 897. The zero-order valence-electron chi connectivity index (χ0n) is 13.3. The topological polar surface area (TPSA) is 55.1 Å². The van der Waals surface area contributed by atoms with Crippen molar-refractivity contribution >= 4 is 5.97 Å². The summed E-state index contributed by atoms with van der Waals surface area (Å²) < 4.78 is 1.99. The van der Waals surface area contributed by atoms with Crippen molar-refractivity contribution in [3.8, 4) is 16.9 Å². The zero-order valence-corrected chi connectivity index (χ0v) is 13.3. The molecule has 4 heteroatoms. The van der Waals surface area contributed by atoms with E-state index in [2.05, 4.69) is 0 Å². The number of carbonyl (C=O) groups is 1. The first-order chi connectivity index (χ1) is 11.8. The second kappa shape index (κ2) is 5.96. The summed E-state index contributed by atoms with van der Waals surface area (Å²) >= 11 is 0. The third-order valence-corrected chi connectivity index (χ3v) is 4.59. The number of aromatic nitrogens is 2. The van der Waals surface area contributed by atoms with Gasteiger partial charge in [0.2, 0.25) is 0 Å². The zero-order chi connectivity index (χ0) is 16.5. The van der Waals surface area contributed by atoms with Crippen molar-refractivity contribution in [2.45, 2.75) is 25.7 Å². The van der Waals surface area contributed by atoms with E-state index in [0.29, 0.717) is 11.1 Å². The lowest BCUT2D eigenvalue weighted by atomic mass is 9.92. The summed E-state index contributed by atoms with van der Waals surface area (Å²) in [5, 5.41) is 14.3. The lowest BCUT2D eigenvalue weighted by Gasteiger charge is -2.14. The standard InChI is InChI=1S/C20H18N2O2/c23-20(24)16-11-5-4-10-15(16)19-17-12-6-7-13-18(17)22(21-19)14-8-2-1-3-9-14/h1-5,8-11H,6-7,12-13H2,(H,23,24). The van der Waals surface area contributed by atoms with Crippen LogP contribution in [-0.2, 0) is 12.8 Å². The van der Waals surface area contributed by atoms with Crippen LogP contribution in [0.5, 0.6) is 0 Å². The van der Waals surface area contributed by atoms with Crippen molar-refractivity contribution in [2.75, 3.05) is 0 Å². The molecule has 120 valence electrons. The van der Waals surface area contributed by atoms with Crippen molar-refractivity contribution in [1.29, 1.82) is 0 Å². The Morgan fingerprint density at radius 1 is 0.958 bits per heavy atom. The number of nitrogens with zero attached hydrogens (tertiary/aromatic N) is 2. The molecule has 0 spiro atoms. The van der Waals surface area contributed by atoms with Gasteiger partial charge in [0.25, 0.3) is 0 Å². The lowest BCUT2D eigenvalue weighted by molar-refractivity contribution is 0.0697. The van der Waals surface area contributed by atoms with Gasteiger partial charge in [0.15, 0.2) is 0 Å². The average Bonchev–Trinajstić information content (AvgIpc) is 3.02. The van der Waals surface area contributed by atoms with E-state index in [4.69, 9.17) is 5.10 Å². The van der Waals surface area contributed by atoms with Crippen molar-refractivity contribution in [3.63, 3.8) is 0 Å². The largest absolute Gasteiger partial charge is 0.478 e. The molecule has 0 saturated heterocycles. The van der Waals surface area contributed by atoms with Crippen LogP contribution in [0.1, 0.15) is 34.5 Å². The van der Waals surface area contributed by atoms with Gasteiger partial charge in [0.1, 0.15) is 0 Å². The van der Waals surface area contributed by atoms with E-state index in [0.717, 1.165) is 37.1 Å². The number of aromatic carboxylic acids is 1. The minimum atomic E-state index is -0.913. The van der Waals surface area contributed by atoms with Gasteiger partial charge in [0, 0.05) is 16.8 Å². The molecule has 1 heterocycles. The normalized spacial score (nSPS) is 13.5. The highest BCUT2D eigenvalue weighted by atomic mass is 16.4. The van der Waals surface area contributed by atoms with Gasteiger partial charge in [0.05, 0.1) is 16.9 Å². The number of para-hydroxylation sites is 1. The van der Waals surface area contributed by atoms with Crippen molar-refractivity contribution < 1.29 is 9.90 Å². The molecule has 4 nitrogen and oxygen atoms in total. The summed E-state index contributed by atoms with van der Waals surface area (Å²) in [7, 11) is 0. The molecule has 0 saturated carbocycles. The molecule has 3 aromatic rings. The molecule has 24 heavy (non-hydrogen) atoms. The van der Waals surface area contributed by atoms with Gasteiger partial charge in [-0.1, -0.05) is 36.4 Å². The Labute approximate surface area is 140 Å². The molecule has 2 aromatic carbocycles. The van der Waals surface area contributed by atoms with Gasteiger partial charge in [-0.15, -0.1) is 0 Å². The van der Waals surface area contributed by atoms with Crippen LogP contribution in [0, 0.1) is 0 Å². The van der Waals surface area contributed by atoms with Gasteiger partial charge in [-0.25, -0.2) is 9.48 Å². The van der Waals surface area contributed by atoms with E-state index in [1.165, 1.54) is 11.3 Å². The molecule has 0 unspecified atom stereocenters. The fourth-order valence-electron chi connectivity index (χ4n) is 3.47. The molecule has 1 aliphatic rings. The van der Waals surface area contributed by atoms with Crippen LogP contribution >= 0.6 is 0 Å². The number of carboxylic acids is 1. The predicted octanol–water partition coefficient (Wildman–Crippen LogP) is 4.12. The summed E-state index contributed by atoms with van der Waals surface area (Å²) in [6.45, 7) is 0. The summed E-state index contributed by atoms with van der Waals surface area (Å²) in [6.07, 6.45) is 4.19. The molecule has 1 N–H and O–H groups in total. The van der Waals surface area contributed by atoms with Gasteiger partial charge in [-0.05, 0) is 43.9 Å². The molecule has 0 fully saturated rings. The maximum atomic E-state index is 11.6. The molecule has 0 amide bonds. The fourth-order valence-corrected chi connectivity index (χ4v) is 3.47. The van der Waals surface area contributed by atoms with Crippen molar-refractivity contribution in [2.24, 2.45) is 0 Å². The van der Waals surface area contributed by atoms with Gasteiger partial charge < -0.3 is 5.11 Å². The molecule has 4 rings (SSSR count). The fraction of sp³-hybridized carbons (Fsp3) is 0.200. The summed E-state index contributed by atoms with van der Waals surface area (Å²) in [5.74, 6) is -0.913. The van der Waals surface area contributed by atoms with Crippen molar-refractivity contribution in [3.05, 3.63) is 71.4 Å². The van der Waals surface area contributed by atoms with E-state index in [9.17, 15) is 9.90 Å². The van der Waals surface area contributed by atoms with Crippen LogP contribution in [0.2, 0.25) is 0 Å². The van der Waals surface area contributed by atoms with Gasteiger partial charge in [-0.3, -0.25) is 0 Å². The number of carboxylic acid groups (broad SMARTS) is 1. The Kier molecular flexibility index (Phi) is 3.65. The second-order valence-corrected chi connectivity index (χ2v) is 6.08. The van der Waals surface area contributed by atoms with Crippen LogP contribution in [0.4, 0.5) is 0 Å². The smallest absolute Gasteiger partial charge is 0.336 e. The van der Waals surface area contributed by atoms with E-state index >= 15 is 0 Å². The Morgan fingerprint density at radius 3 is 2.46 bits per heavy atom. The molecule has 0 atom stereocenters. The van der Waals surface area contributed by atoms with Gasteiger partial charge in [-0.2, -0.15) is 5.10 Å². The number of benzene rings is 2. The highest BCUT2D eigenvalue weighted by molar-refractivity contribution is 5.96. The van der Waals surface area contributed by atoms with Crippen LogP contribution in [-0.4, -0.2) is 20.9 Å². The molecule has 0 radical (unpaired) electrons. The monoisotopic (exact) mass is 318 g/mol. The minimum absolute atomic E-state index is 0.309.